The van der Waals surface area contributed by atoms with E-state index >= 15 is 0 Å². The first-order chi connectivity index (χ1) is 7.77. The SMILES string of the molecule is CCOc1cc(O)cc(C(C)=O)c1C(F)(F)F. The average Bonchev–Trinajstić information content (AvgIpc) is 2.14. The third-order valence-corrected chi connectivity index (χ3v) is 2.05. The molecule has 0 saturated carbocycles. The molecule has 6 heteroatoms. The van der Waals surface area contributed by atoms with Crippen LogP contribution in [0.1, 0.15) is 29.8 Å². The van der Waals surface area contributed by atoms with Crippen LogP contribution in [-0.2, 0) is 6.18 Å². The number of rotatable bonds is 3. The normalized spacial score (nSPS) is 11.4. The van der Waals surface area contributed by atoms with E-state index in [2.05, 4.69) is 0 Å². The number of alkyl halides is 3. The highest BCUT2D eigenvalue weighted by Gasteiger charge is 2.38. The van der Waals surface area contributed by atoms with Crippen molar-refractivity contribution in [1.29, 1.82) is 0 Å². The van der Waals surface area contributed by atoms with E-state index in [9.17, 15) is 23.1 Å². The van der Waals surface area contributed by atoms with Gasteiger partial charge in [0, 0.05) is 11.6 Å². The number of carbonyl (C=O) groups is 1. The van der Waals surface area contributed by atoms with Gasteiger partial charge in [0.1, 0.15) is 17.1 Å². The van der Waals surface area contributed by atoms with Crippen molar-refractivity contribution in [2.24, 2.45) is 0 Å². The summed E-state index contributed by atoms with van der Waals surface area (Å²) >= 11 is 0. The topological polar surface area (TPSA) is 46.5 Å². The van der Waals surface area contributed by atoms with Gasteiger partial charge in [-0.2, -0.15) is 13.2 Å². The van der Waals surface area contributed by atoms with Crippen molar-refractivity contribution in [3.63, 3.8) is 0 Å². The molecule has 0 radical (unpaired) electrons. The molecule has 0 aliphatic heterocycles. The fourth-order valence-corrected chi connectivity index (χ4v) is 1.44. The lowest BCUT2D eigenvalue weighted by molar-refractivity contribution is -0.139. The molecule has 0 bridgehead atoms. The first kappa shape index (κ1) is 13.3. The Kier molecular flexibility index (Phi) is 3.65. The monoisotopic (exact) mass is 248 g/mol. The van der Waals surface area contributed by atoms with Crippen LogP contribution < -0.4 is 4.74 Å². The summed E-state index contributed by atoms with van der Waals surface area (Å²) in [6.07, 6.45) is -4.71. The zero-order valence-corrected chi connectivity index (χ0v) is 9.26. The molecule has 1 aromatic carbocycles. The molecule has 3 nitrogen and oxygen atoms in total. The van der Waals surface area contributed by atoms with Crippen molar-refractivity contribution in [2.45, 2.75) is 20.0 Å². The third kappa shape index (κ3) is 2.89. The number of hydrogen-bond donors (Lipinski definition) is 1. The Bertz CT molecular complexity index is 438. The van der Waals surface area contributed by atoms with E-state index in [1.54, 1.807) is 0 Å². The van der Waals surface area contributed by atoms with Crippen molar-refractivity contribution in [2.75, 3.05) is 6.61 Å². The number of phenolic OH excluding ortho intramolecular Hbond substituents is 1. The maximum absolute atomic E-state index is 12.8. The van der Waals surface area contributed by atoms with E-state index in [0.29, 0.717) is 0 Å². The molecule has 0 saturated heterocycles. The van der Waals surface area contributed by atoms with E-state index in [1.165, 1.54) is 6.92 Å². The molecule has 0 aliphatic rings. The van der Waals surface area contributed by atoms with Crippen LogP contribution in [0.5, 0.6) is 11.5 Å². The van der Waals surface area contributed by atoms with E-state index in [4.69, 9.17) is 4.74 Å². The highest BCUT2D eigenvalue weighted by molar-refractivity contribution is 5.97. The maximum atomic E-state index is 12.8. The van der Waals surface area contributed by atoms with Crippen molar-refractivity contribution in [3.8, 4) is 11.5 Å². The van der Waals surface area contributed by atoms with Crippen molar-refractivity contribution in [1.82, 2.24) is 0 Å². The summed E-state index contributed by atoms with van der Waals surface area (Å²) in [6, 6.07) is 1.63. The average molecular weight is 248 g/mol. The Morgan fingerprint density at radius 2 is 2.00 bits per heavy atom. The number of Topliss-reactive ketones (excluding diaryl/α,β-unsaturated/α-hetero) is 1. The van der Waals surface area contributed by atoms with Gasteiger partial charge in [0.15, 0.2) is 5.78 Å². The summed E-state index contributed by atoms with van der Waals surface area (Å²) < 4.78 is 43.2. The van der Waals surface area contributed by atoms with Crippen LogP contribution in [-0.4, -0.2) is 17.5 Å². The quantitative estimate of drug-likeness (QED) is 0.836. The molecule has 94 valence electrons. The summed E-state index contributed by atoms with van der Waals surface area (Å²) in [7, 11) is 0. The smallest absolute Gasteiger partial charge is 0.420 e. The number of ketones is 1. The molecule has 0 aromatic heterocycles. The second-order valence-electron chi connectivity index (χ2n) is 3.35. The van der Waals surface area contributed by atoms with Crippen LogP contribution in [0.2, 0.25) is 0 Å². The standard InChI is InChI=1S/C11H11F3O3/c1-3-17-9-5-7(16)4-8(6(2)15)10(9)11(12,13)14/h4-5,16H,3H2,1-2H3. The molecular weight excluding hydrogens is 237 g/mol. The van der Waals surface area contributed by atoms with Crippen LogP contribution in [0.25, 0.3) is 0 Å². The Balaban J connectivity index is 3.53. The number of benzene rings is 1. The van der Waals surface area contributed by atoms with Gasteiger partial charge in [0.2, 0.25) is 0 Å². The Morgan fingerprint density at radius 1 is 1.41 bits per heavy atom. The molecule has 1 N–H and O–H groups in total. The predicted molar refractivity (Wildman–Crippen MR) is 54.3 cm³/mol. The summed E-state index contributed by atoms with van der Waals surface area (Å²) in [4.78, 5) is 11.2. The van der Waals surface area contributed by atoms with Crippen LogP contribution in [0.4, 0.5) is 13.2 Å². The zero-order valence-electron chi connectivity index (χ0n) is 9.26. The lowest BCUT2D eigenvalue weighted by atomic mass is 10.0. The summed E-state index contributed by atoms with van der Waals surface area (Å²) in [5.74, 6) is -1.76. The molecule has 0 atom stereocenters. The molecule has 0 aliphatic carbocycles. The van der Waals surface area contributed by atoms with Gasteiger partial charge in [-0.3, -0.25) is 4.79 Å². The fourth-order valence-electron chi connectivity index (χ4n) is 1.44. The number of carbonyl (C=O) groups excluding carboxylic acids is 1. The molecular formula is C11H11F3O3. The minimum atomic E-state index is -4.71. The van der Waals surface area contributed by atoms with Crippen LogP contribution in [0, 0.1) is 0 Å². The highest BCUT2D eigenvalue weighted by Crippen LogP contribution is 2.41. The molecule has 0 amide bonds. The predicted octanol–water partition coefficient (Wildman–Crippen LogP) is 3.01. The summed E-state index contributed by atoms with van der Waals surface area (Å²) in [6.45, 7) is 2.52. The zero-order chi connectivity index (χ0) is 13.2. The van der Waals surface area contributed by atoms with E-state index < -0.39 is 34.6 Å². The molecule has 17 heavy (non-hydrogen) atoms. The molecule has 1 rings (SSSR count). The highest BCUT2D eigenvalue weighted by atomic mass is 19.4. The largest absolute Gasteiger partial charge is 0.508 e. The summed E-state index contributed by atoms with van der Waals surface area (Å²) in [5.41, 5.74) is -1.74. The van der Waals surface area contributed by atoms with Crippen molar-refractivity contribution < 1.29 is 27.8 Å². The molecule has 0 spiro atoms. The Morgan fingerprint density at radius 3 is 2.41 bits per heavy atom. The first-order valence-electron chi connectivity index (χ1n) is 4.85. The number of halogens is 3. The Labute approximate surface area is 95.8 Å². The van der Waals surface area contributed by atoms with Gasteiger partial charge in [-0.05, 0) is 19.9 Å². The van der Waals surface area contributed by atoms with Crippen molar-refractivity contribution in [3.05, 3.63) is 23.3 Å². The van der Waals surface area contributed by atoms with E-state index in [-0.39, 0.29) is 6.61 Å². The first-order valence-corrected chi connectivity index (χ1v) is 4.85. The van der Waals surface area contributed by atoms with Crippen LogP contribution in [0.15, 0.2) is 12.1 Å². The van der Waals surface area contributed by atoms with Gasteiger partial charge in [-0.1, -0.05) is 0 Å². The molecule has 0 heterocycles. The molecule has 0 unspecified atom stereocenters. The lowest BCUT2D eigenvalue weighted by Crippen LogP contribution is -2.14. The summed E-state index contributed by atoms with van der Waals surface area (Å²) in [5, 5.41) is 9.26. The van der Waals surface area contributed by atoms with Gasteiger partial charge < -0.3 is 9.84 Å². The Hall–Kier alpha value is -1.72. The lowest BCUT2D eigenvalue weighted by Gasteiger charge is -2.16. The molecule has 1 aromatic rings. The van der Waals surface area contributed by atoms with Gasteiger partial charge in [0.25, 0.3) is 0 Å². The van der Waals surface area contributed by atoms with E-state index in [1.807, 2.05) is 0 Å². The van der Waals surface area contributed by atoms with Gasteiger partial charge in [-0.15, -0.1) is 0 Å². The van der Waals surface area contributed by atoms with Crippen LogP contribution >= 0.6 is 0 Å². The van der Waals surface area contributed by atoms with E-state index in [0.717, 1.165) is 19.1 Å². The second kappa shape index (κ2) is 4.65. The number of ether oxygens (including phenoxy) is 1. The maximum Gasteiger partial charge on any atom is 0.420 e. The van der Waals surface area contributed by atoms with Gasteiger partial charge >= 0.3 is 6.18 Å². The van der Waals surface area contributed by atoms with Crippen molar-refractivity contribution >= 4 is 5.78 Å². The third-order valence-electron chi connectivity index (χ3n) is 2.05. The minimum absolute atomic E-state index is 0.00385. The number of aromatic hydroxyl groups is 1. The molecule has 0 fully saturated rings. The number of hydrogen-bond acceptors (Lipinski definition) is 3. The van der Waals surface area contributed by atoms with Crippen LogP contribution in [0.3, 0.4) is 0 Å². The fraction of sp³-hybridized carbons (Fsp3) is 0.364. The second-order valence-corrected chi connectivity index (χ2v) is 3.35. The minimum Gasteiger partial charge on any atom is -0.508 e. The van der Waals surface area contributed by atoms with Gasteiger partial charge in [0.05, 0.1) is 6.61 Å². The number of phenols is 1. The van der Waals surface area contributed by atoms with Gasteiger partial charge in [-0.25, -0.2) is 0 Å².